The first-order chi connectivity index (χ1) is 5.91. The lowest BCUT2D eigenvalue weighted by atomic mass is 10.1. The van der Waals surface area contributed by atoms with Gasteiger partial charge in [-0.2, -0.15) is 13.2 Å². The summed E-state index contributed by atoms with van der Waals surface area (Å²) in [5, 5.41) is 10.8. The van der Waals surface area contributed by atoms with Crippen LogP contribution in [0.4, 0.5) is 13.2 Å². The SMILES string of the molecule is [O]C(c1cccc(Cl)c1)C(F)(F)F. The summed E-state index contributed by atoms with van der Waals surface area (Å²) in [6.45, 7) is 0. The van der Waals surface area contributed by atoms with Gasteiger partial charge in [-0.3, -0.25) is 0 Å². The van der Waals surface area contributed by atoms with Crippen LogP contribution in [-0.2, 0) is 5.11 Å². The van der Waals surface area contributed by atoms with E-state index in [0.29, 0.717) is 0 Å². The average Bonchev–Trinajstić information content (AvgIpc) is 2.01. The first-order valence-electron chi connectivity index (χ1n) is 3.39. The Labute approximate surface area is 77.8 Å². The standard InChI is InChI=1S/C8H5ClF3O/c9-6-3-1-2-5(4-6)7(13)8(10,11)12/h1-4,7H. The van der Waals surface area contributed by atoms with Gasteiger partial charge in [-0.05, 0) is 17.7 Å². The topological polar surface area (TPSA) is 19.9 Å². The van der Waals surface area contributed by atoms with Crippen LogP contribution < -0.4 is 0 Å². The second-order valence-corrected chi connectivity index (χ2v) is 2.91. The maximum absolute atomic E-state index is 11.9. The smallest absolute Gasteiger partial charge is 0.218 e. The predicted molar refractivity (Wildman–Crippen MR) is 40.9 cm³/mol. The van der Waals surface area contributed by atoms with Crippen LogP contribution in [0.5, 0.6) is 0 Å². The predicted octanol–water partition coefficient (Wildman–Crippen LogP) is 3.37. The van der Waals surface area contributed by atoms with E-state index >= 15 is 0 Å². The summed E-state index contributed by atoms with van der Waals surface area (Å²) in [5.74, 6) is 0. The molecule has 0 aromatic heterocycles. The third kappa shape index (κ3) is 2.60. The van der Waals surface area contributed by atoms with E-state index < -0.39 is 12.3 Å². The first kappa shape index (κ1) is 10.3. The van der Waals surface area contributed by atoms with Gasteiger partial charge in [-0.1, -0.05) is 23.7 Å². The fraction of sp³-hybridized carbons (Fsp3) is 0.250. The molecule has 1 aromatic rings. The highest BCUT2D eigenvalue weighted by Gasteiger charge is 2.40. The summed E-state index contributed by atoms with van der Waals surface area (Å²) in [5.41, 5.74) is -0.361. The molecule has 1 aromatic carbocycles. The third-order valence-corrected chi connectivity index (χ3v) is 1.68. The molecular formula is C8H5ClF3O. The van der Waals surface area contributed by atoms with Gasteiger partial charge >= 0.3 is 6.18 Å². The van der Waals surface area contributed by atoms with Gasteiger partial charge in [0, 0.05) is 5.02 Å². The van der Waals surface area contributed by atoms with Gasteiger partial charge < -0.3 is 0 Å². The molecule has 1 atom stereocenters. The molecule has 0 fully saturated rings. The lowest BCUT2D eigenvalue weighted by Crippen LogP contribution is -2.18. The zero-order valence-corrected chi connectivity index (χ0v) is 7.06. The van der Waals surface area contributed by atoms with Gasteiger partial charge in [-0.15, -0.1) is 0 Å². The zero-order chi connectivity index (χ0) is 10.1. The molecule has 1 rings (SSSR count). The molecule has 1 unspecified atom stereocenters. The van der Waals surface area contributed by atoms with Gasteiger partial charge in [0.25, 0.3) is 0 Å². The average molecular weight is 210 g/mol. The number of halogens is 4. The molecule has 1 nitrogen and oxygen atoms in total. The van der Waals surface area contributed by atoms with Crippen molar-refractivity contribution in [1.82, 2.24) is 0 Å². The van der Waals surface area contributed by atoms with Crippen molar-refractivity contribution in [2.75, 3.05) is 0 Å². The molecule has 0 N–H and O–H groups in total. The minimum absolute atomic E-state index is 0.127. The zero-order valence-electron chi connectivity index (χ0n) is 6.31. The molecule has 0 aliphatic heterocycles. The molecular weight excluding hydrogens is 205 g/mol. The summed E-state index contributed by atoms with van der Waals surface area (Å²) < 4.78 is 35.7. The van der Waals surface area contributed by atoms with Crippen LogP contribution in [0.25, 0.3) is 0 Å². The molecule has 5 heteroatoms. The molecule has 71 valence electrons. The Bertz CT molecular complexity index is 298. The van der Waals surface area contributed by atoms with Crippen molar-refractivity contribution in [3.05, 3.63) is 34.9 Å². The van der Waals surface area contributed by atoms with E-state index in [4.69, 9.17) is 11.6 Å². The van der Waals surface area contributed by atoms with Crippen LogP contribution in [-0.4, -0.2) is 6.18 Å². The molecule has 0 aliphatic carbocycles. The first-order valence-corrected chi connectivity index (χ1v) is 3.77. The van der Waals surface area contributed by atoms with Crippen LogP contribution in [0.2, 0.25) is 5.02 Å². The molecule has 0 heterocycles. The number of benzene rings is 1. The Hall–Kier alpha value is -0.740. The van der Waals surface area contributed by atoms with E-state index in [1.54, 1.807) is 0 Å². The Kier molecular flexibility index (Phi) is 2.83. The highest BCUT2D eigenvalue weighted by molar-refractivity contribution is 6.30. The van der Waals surface area contributed by atoms with Crippen molar-refractivity contribution < 1.29 is 18.3 Å². The lowest BCUT2D eigenvalue weighted by Gasteiger charge is -2.12. The van der Waals surface area contributed by atoms with Gasteiger partial charge in [0.05, 0.1) is 0 Å². The Balaban J connectivity index is 2.96. The van der Waals surface area contributed by atoms with E-state index in [-0.39, 0.29) is 10.6 Å². The fourth-order valence-corrected chi connectivity index (χ4v) is 1.06. The molecule has 0 bridgehead atoms. The maximum atomic E-state index is 11.9. The van der Waals surface area contributed by atoms with Gasteiger partial charge in [0.2, 0.25) is 6.10 Å². The molecule has 0 aliphatic rings. The van der Waals surface area contributed by atoms with Crippen molar-refractivity contribution >= 4 is 11.6 Å². The molecule has 13 heavy (non-hydrogen) atoms. The quantitative estimate of drug-likeness (QED) is 0.676. The molecule has 0 saturated carbocycles. The van der Waals surface area contributed by atoms with Crippen LogP contribution >= 0.6 is 11.6 Å². The molecule has 0 saturated heterocycles. The van der Waals surface area contributed by atoms with Gasteiger partial charge in [0.15, 0.2) is 0 Å². The maximum Gasteiger partial charge on any atom is 0.422 e. The van der Waals surface area contributed by atoms with Crippen molar-refractivity contribution in [1.29, 1.82) is 0 Å². The van der Waals surface area contributed by atoms with Crippen molar-refractivity contribution in [2.24, 2.45) is 0 Å². The number of rotatable bonds is 1. The van der Waals surface area contributed by atoms with E-state index in [9.17, 15) is 18.3 Å². The summed E-state index contributed by atoms with van der Waals surface area (Å²) in [4.78, 5) is 0. The fourth-order valence-electron chi connectivity index (χ4n) is 0.859. The van der Waals surface area contributed by atoms with E-state index in [2.05, 4.69) is 0 Å². The van der Waals surface area contributed by atoms with E-state index in [0.717, 1.165) is 12.1 Å². The minimum atomic E-state index is -4.76. The van der Waals surface area contributed by atoms with Crippen molar-refractivity contribution in [3.8, 4) is 0 Å². The summed E-state index contributed by atoms with van der Waals surface area (Å²) in [6, 6.07) is 4.85. The second kappa shape index (κ2) is 3.55. The van der Waals surface area contributed by atoms with Crippen LogP contribution in [0.3, 0.4) is 0 Å². The van der Waals surface area contributed by atoms with Gasteiger partial charge in [0.1, 0.15) is 0 Å². The lowest BCUT2D eigenvalue weighted by molar-refractivity contribution is -0.225. The second-order valence-electron chi connectivity index (χ2n) is 2.48. The summed E-state index contributed by atoms with van der Waals surface area (Å²) in [6.07, 6.45) is -7.48. The Morgan fingerprint density at radius 2 is 1.92 bits per heavy atom. The monoisotopic (exact) mass is 209 g/mol. The number of hydrogen-bond acceptors (Lipinski definition) is 0. The number of alkyl halides is 3. The Morgan fingerprint density at radius 3 is 2.38 bits per heavy atom. The highest BCUT2D eigenvalue weighted by atomic mass is 35.5. The van der Waals surface area contributed by atoms with Crippen molar-refractivity contribution in [2.45, 2.75) is 12.3 Å². The molecule has 1 radical (unpaired) electrons. The minimum Gasteiger partial charge on any atom is -0.218 e. The van der Waals surface area contributed by atoms with Crippen LogP contribution in [0.15, 0.2) is 24.3 Å². The summed E-state index contributed by atoms with van der Waals surface area (Å²) in [7, 11) is 0. The van der Waals surface area contributed by atoms with E-state index in [1.165, 1.54) is 12.1 Å². The van der Waals surface area contributed by atoms with Crippen LogP contribution in [0.1, 0.15) is 11.7 Å². The van der Waals surface area contributed by atoms with Gasteiger partial charge in [-0.25, -0.2) is 5.11 Å². The molecule has 0 amide bonds. The highest BCUT2D eigenvalue weighted by Crippen LogP contribution is 2.33. The largest absolute Gasteiger partial charge is 0.422 e. The van der Waals surface area contributed by atoms with Crippen molar-refractivity contribution in [3.63, 3.8) is 0 Å². The number of hydrogen-bond donors (Lipinski definition) is 0. The normalized spacial score (nSPS) is 14.2. The molecule has 0 spiro atoms. The third-order valence-electron chi connectivity index (χ3n) is 1.45. The van der Waals surface area contributed by atoms with E-state index in [1.807, 2.05) is 0 Å². The summed E-state index contributed by atoms with van der Waals surface area (Å²) >= 11 is 5.43. The Morgan fingerprint density at radius 1 is 1.31 bits per heavy atom. The van der Waals surface area contributed by atoms with Crippen LogP contribution in [0, 0.1) is 0 Å².